The number of benzene rings is 3. The van der Waals surface area contributed by atoms with Gasteiger partial charge in [0.2, 0.25) is 11.8 Å². The smallest absolute Gasteiger partial charge is 0.416 e. The van der Waals surface area contributed by atoms with E-state index in [9.17, 15) is 18.0 Å². The molecule has 1 aromatic heterocycles. The minimum Gasteiger partial charge on any atom is -0.493 e. The molecule has 0 aliphatic carbocycles. The first-order chi connectivity index (χ1) is 17.7. The number of carbonyl (C=O) groups is 1. The highest BCUT2D eigenvalue weighted by Gasteiger charge is 2.32. The molecule has 1 atom stereocenters. The highest BCUT2D eigenvalue weighted by molar-refractivity contribution is 8.00. The molecule has 1 amide bonds. The maximum atomic E-state index is 13.3. The molecule has 0 fully saturated rings. The van der Waals surface area contributed by atoms with E-state index in [4.69, 9.17) is 25.5 Å². The number of nitrogens with zero attached hydrogens (tertiary/aromatic N) is 2. The Morgan fingerprint density at radius 2 is 1.73 bits per heavy atom. The van der Waals surface area contributed by atoms with Crippen molar-refractivity contribution in [2.24, 2.45) is 0 Å². The topological polar surface area (TPSA) is 86.5 Å². The van der Waals surface area contributed by atoms with E-state index >= 15 is 0 Å². The van der Waals surface area contributed by atoms with Gasteiger partial charge in [0, 0.05) is 5.56 Å². The molecule has 7 nitrogen and oxygen atoms in total. The number of aromatic nitrogens is 2. The quantitative estimate of drug-likeness (QED) is 0.239. The number of alkyl halides is 3. The van der Waals surface area contributed by atoms with E-state index in [-0.39, 0.29) is 21.8 Å². The average Bonchev–Trinajstić information content (AvgIpc) is 3.36. The van der Waals surface area contributed by atoms with Gasteiger partial charge in [-0.25, -0.2) is 0 Å². The number of anilines is 1. The Balaban J connectivity index is 1.61. The standard InChI is InChI=1S/C25H19ClF3N3O4S/c1-34-19-11-8-15(12-20(19)35-2)23-31-32-24(36-23)37-21(14-6-4-3-5-7-14)22(33)30-18-13-16(25(27,28)29)9-10-17(18)26/h3-13,21H,1-2H3,(H,30,33)/t21-/m1/s1. The zero-order chi connectivity index (χ0) is 26.6. The van der Waals surface area contributed by atoms with Crippen molar-refractivity contribution in [3.63, 3.8) is 0 Å². The van der Waals surface area contributed by atoms with Gasteiger partial charge in [-0.05, 0) is 53.7 Å². The second-order valence-electron chi connectivity index (χ2n) is 7.53. The summed E-state index contributed by atoms with van der Waals surface area (Å²) in [7, 11) is 3.01. The number of carbonyl (C=O) groups excluding carboxylic acids is 1. The first kappa shape index (κ1) is 26.4. The average molecular weight is 550 g/mol. The lowest BCUT2D eigenvalue weighted by atomic mass is 10.1. The summed E-state index contributed by atoms with van der Waals surface area (Å²) in [4.78, 5) is 13.3. The fraction of sp³-hybridized carbons (Fsp3) is 0.160. The Hall–Kier alpha value is -3.70. The first-order valence-corrected chi connectivity index (χ1v) is 11.9. The predicted octanol–water partition coefficient (Wildman–Crippen LogP) is 6.90. The third-order valence-electron chi connectivity index (χ3n) is 5.15. The molecule has 4 rings (SSSR count). The largest absolute Gasteiger partial charge is 0.493 e. The summed E-state index contributed by atoms with van der Waals surface area (Å²) in [6.07, 6.45) is -4.60. The second kappa shape index (κ2) is 11.1. The lowest BCUT2D eigenvalue weighted by Crippen LogP contribution is -2.20. The number of methoxy groups -OCH3 is 2. The summed E-state index contributed by atoms with van der Waals surface area (Å²) in [6, 6.07) is 16.4. The van der Waals surface area contributed by atoms with Crippen molar-refractivity contribution in [3.05, 3.63) is 82.9 Å². The van der Waals surface area contributed by atoms with Crippen molar-refractivity contribution in [3.8, 4) is 23.0 Å². The molecule has 3 aromatic carbocycles. The van der Waals surface area contributed by atoms with Crippen molar-refractivity contribution < 1.29 is 31.9 Å². The van der Waals surface area contributed by atoms with Crippen molar-refractivity contribution in [2.75, 3.05) is 19.5 Å². The number of hydrogen-bond acceptors (Lipinski definition) is 7. The van der Waals surface area contributed by atoms with Gasteiger partial charge in [0.1, 0.15) is 5.25 Å². The number of thioether (sulfide) groups is 1. The highest BCUT2D eigenvalue weighted by Crippen LogP contribution is 2.39. The van der Waals surface area contributed by atoms with Crippen molar-refractivity contribution >= 4 is 35.0 Å². The van der Waals surface area contributed by atoms with E-state index in [0.717, 1.165) is 30.0 Å². The van der Waals surface area contributed by atoms with Crippen LogP contribution in [0.2, 0.25) is 5.02 Å². The molecule has 192 valence electrons. The molecule has 12 heteroatoms. The zero-order valence-corrected chi connectivity index (χ0v) is 20.9. The molecule has 0 spiro atoms. The molecule has 0 aliphatic rings. The van der Waals surface area contributed by atoms with Crippen LogP contribution in [0.25, 0.3) is 11.5 Å². The number of amides is 1. The lowest BCUT2D eigenvalue weighted by molar-refractivity contribution is -0.137. The maximum Gasteiger partial charge on any atom is 0.416 e. The monoisotopic (exact) mass is 549 g/mol. The lowest BCUT2D eigenvalue weighted by Gasteiger charge is -2.17. The van der Waals surface area contributed by atoms with E-state index in [1.165, 1.54) is 14.2 Å². The first-order valence-electron chi connectivity index (χ1n) is 10.6. The summed E-state index contributed by atoms with van der Waals surface area (Å²) in [6.45, 7) is 0. The van der Waals surface area contributed by atoms with Crippen LogP contribution in [0.4, 0.5) is 18.9 Å². The van der Waals surface area contributed by atoms with Crippen LogP contribution in [0, 0.1) is 0 Å². The van der Waals surface area contributed by atoms with Crippen molar-refractivity contribution in [1.82, 2.24) is 10.2 Å². The van der Waals surface area contributed by atoms with E-state index in [0.29, 0.717) is 22.6 Å². The molecule has 0 radical (unpaired) electrons. The molecule has 1 N–H and O–H groups in total. The number of ether oxygens (including phenoxy) is 2. The van der Waals surface area contributed by atoms with Gasteiger partial charge >= 0.3 is 6.18 Å². The molecule has 0 unspecified atom stereocenters. The highest BCUT2D eigenvalue weighted by atomic mass is 35.5. The predicted molar refractivity (Wildman–Crippen MR) is 133 cm³/mol. The normalized spacial score (nSPS) is 12.2. The van der Waals surface area contributed by atoms with Crippen molar-refractivity contribution in [2.45, 2.75) is 16.6 Å². The third-order valence-corrected chi connectivity index (χ3v) is 6.57. The Bertz CT molecular complexity index is 1400. The van der Waals surface area contributed by atoms with Gasteiger partial charge in [-0.3, -0.25) is 4.79 Å². The Morgan fingerprint density at radius 3 is 2.41 bits per heavy atom. The number of halogens is 4. The molecule has 4 aromatic rings. The molecule has 0 saturated carbocycles. The van der Waals surface area contributed by atoms with Gasteiger partial charge in [-0.2, -0.15) is 13.2 Å². The molecule has 37 heavy (non-hydrogen) atoms. The van der Waals surface area contributed by atoms with Gasteiger partial charge in [-0.1, -0.05) is 41.9 Å². The molecule has 0 bridgehead atoms. The summed E-state index contributed by atoms with van der Waals surface area (Å²) in [5, 5.41) is 9.67. The molecule has 0 aliphatic heterocycles. The summed E-state index contributed by atoms with van der Waals surface area (Å²) in [5.41, 5.74) is 0.0274. The van der Waals surface area contributed by atoms with Crippen LogP contribution >= 0.6 is 23.4 Å². The van der Waals surface area contributed by atoms with Crippen LogP contribution in [0.5, 0.6) is 11.5 Å². The van der Waals surface area contributed by atoms with E-state index in [1.807, 2.05) is 0 Å². The minimum atomic E-state index is -4.60. The van der Waals surface area contributed by atoms with Crippen molar-refractivity contribution in [1.29, 1.82) is 0 Å². The Morgan fingerprint density at radius 1 is 1.00 bits per heavy atom. The zero-order valence-electron chi connectivity index (χ0n) is 19.4. The van der Waals surface area contributed by atoms with Crippen LogP contribution in [0.1, 0.15) is 16.4 Å². The minimum absolute atomic E-state index is 0.0355. The second-order valence-corrected chi connectivity index (χ2v) is 9.00. The number of hydrogen-bond donors (Lipinski definition) is 1. The number of nitrogens with one attached hydrogen (secondary N) is 1. The van der Waals surface area contributed by atoms with Gasteiger partial charge in [0.25, 0.3) is 5.22 Å². The maximum absolute atomic E-state index is 13.3. The Kier molecular flexibility index (Phi) is 7.94. The Labute approximate surface area is 218 Å². The molecular weight excluding hydrogens is 531 g/mol. The number of rotatable bonds is 8. The van der Waals surface area contributed by atoms with Gasteiger partial charge in [0.05, 0.1) is 30.5 Å². The third kappa shape index (κ3) is 6.17. The SMILES string of the molecule is COc1ccc(-c2nnc(S[C@@H](C(=O)Nc3cc(C(F)(F)F)ccc3Cl)c3ccccc3)o2)cc1OC. The van der Waals surface area contributed by atoms with E-state index in [2.05, 4.69) is 15.5 Å². The van der Waals surface area contributed by atoms with Crippen LogP contribution in [-0.2, 0) is 11.0 Å². The van der Waals surface area contributed by atoms with Gasteiger partial charge in [-0.15, -0.1) is 10.2 Å². The summed E-state index contributed by atoms with van der Waals surface area (Å²) < 4.78 is 55.8. The summed E-state index contributed by atoms with van der Waals surface area (Å²) >= 11 is 7.01. The summed E-state index contributed by atoms with van der Waals surface area (Å²) in [5.74, 6) is 0.543. The van der Waals surface area contributed by atoms with Crippen LogP contribution in [-0.4, -0.2) is 30.3 Å². The van der Waals surface area contributed by atoms with Crippen LogP contribution in [0.3, 0.4) is 0 Å². The van der Waals surface area contributed by atoms with Gasteiger partial charge < -0.3 is 19.2 Å². The fourth-order valence-electron chi connectivity index (χ4n) is 3.34. The van der Waals surface area contributed by atoms with Crippen LogP contribution in [0.15, 0.2) is 76.4 Å². The molecule has 1 heterocycles. The molecular formula is C25H19ClF3N3O4S. The van der Waals surface area contributed by atoms with E-state index in [1.54, 1.807) is 48.5 Å². The molecule has 0 saturated heterocycles. The fourth-order valence-corrected chi connectivity index (χ4v) is 4.38. The van der Waals surface area contributed by atoms with E-state index < -0.39 is 22.9 Å². The van der Waals surface area contributed by atoms with Gasteiger partial charge in [0.15, 0.2) is 11.5 Å². The van der Waals surface area contributed by atoms with Crippen LogP contribution < -0.4 is 14.8 Å².